The molecule has 2 aliphatic heterocycles. The number of nitrogens with zero attached hydrogens (tertiary/aromatic N) is 3. The monoisotopic (exact) mass is 681 g/mol. The Hall–Kier alpha value is -5.77. The largest absolute Gasteiger partial charge is 0.497 e. The Morgan fingerprint density at radius 1 is 0.902 bits per heavy atom. The molecule has 0 radical (unpaired) electrons. The van der Waals surface area contributed by atoms with Gasteiger partial charge in [-0.2, -0.15) is 0 Å². The highest BCUT2D eigenvalue weighted by molar-refractivity contribution is 6.27. The predicted molar refractivity (Wildman–Crippen MR) is 197 cm³/mol. The lowest BCUT2D eigenvalue weighted by Gasteiger charge is -2.28. The van der Waals surface area contributed by atoms with Gasteiger partial charge >= 0.3 is 0 Å². The van der Waals surface area contributed by atoms with E-state index in [0.29, 0.717) is 29.1 Å². The topological polar surface area (TPSA) is 111 Å². The van der Waals surface area contributed by atoms with E-state index < -0.39 is 17.4 Å². The normalized spacial score (nSPS) is 17.0. The quantitative estimate of drug-likeness (QED) is 0.146. The van der Waals surface area contributed by atoms with E-state index in [1.54, 1.807) is 52.0 Å². The van der Waals surface area contributed by atoms with Gasteiger partial charge in [0.1, 0.15) is 5.75 Å². The minimum Gasteiger partial charge on any atom is -0.497 e. The molecule has 5 aromatic rings. The molecule has 2 aliphatic rings. The lowest BCUT2D eigenvalue weighted by molar-refractivity contribution is -0.139. The maximum atomic E-state index is 14.2. The molecule has 2 N–H and O–H groups in total. The number of benzene rings is 5. The molecule has 0 aromatic heterocycles. The molecule has 5 aromatic carbocycles. The van der Waals surface area contributed by atoms with Gasteiger partial charge in [0.2, 0.25) is 5.91 Å². The molecule has 2 atom stereocenters. The number of ether oxygens (including phenoxy) is 1. The van der Waals surface area contributed by atoms with Gasteiger partial charge in [-0.25, -0.2) is 0 Å². The molecule has 2 heterocycles. The van der Waals surface area contributed by atoms with Crippen LogP contribution in [0.15, 0.2) is 121 Å². The first-order valence-electron chi connectivity index (χ1n) is 17.0. The summed E-state index contributed by atoms with van der Waals surface area (Å²) in [5.41, 5.74) is 3.07. The highest BCUT2D eigenvalue weighted by Gasteiger charge is 2.52. The van der Waals surface area contributed by atoms with Gasteiger partial charge in [0.05, 0.1) is 37.2 Å². The van der Waals surface area contributed by atoms with Gasteiger partial charge in [-0.15, -0.1) is 0 Å². The fourth-order valence-corrected chi connectivity index (χ4v) is 7.17. The average molecular weight is 682 g/mol. The van der Waals surface area contributed by atoms with Crippen LogP contribution in [0.5, 0.6) is 5.75 Å². The first-order valence-corrected chi connectivity index (χ1v) is 17.0. The molecule has 0 fully saturated rings. The Morgan fingerprint density at radius 2 is 1.65 bits per heavy atom. The molecular weight excluding hydrogens is 642 g/mol. The maximum Gasteiger partial charge on any atom is 0.264 e. The molecule has 3 amide bonds. The average Bonchev–Trinajstić information content (AvgIpc) is 3.56. The van der Waals surface area contributed by atoms with E-state index in [1.807, 2.05) is 91.0 Å². The third kappa shape index (κ3) is 6.05. The number of hydrogen-bond acceptors (Lipinski definition) is 6. The van der Waals surface area contributed by atoms with Crippen molar-refractivity contribution in [3.63, 3.8) is 0 Å². The van der Waals surface area contributed by atoms with Crippen LogP contribution in [0.1, 0.15) is 40.4 Å². The molecule has 51 heavy (non-hydrogen) atoms. The summed E-state index contributed by atoms with van der Waals surface area (Å²) < 4.78 is 5.46. The Balaban J connectivity index is 1.10. The minimum absolute atomic E-state index is 0.0432. The van der Waals surface area contributed by atoms with E-state index in [9.17, 15) is 24.6 Å². The van der Waals surface area contributed by atoms with Crippen LogP contribution in [0.3, 0.4) is 0 Å². The molecular formula is C42H39N3O6. The number of hydrogen-bond donors (Lipinski definition) is 2. The molecule has 0 saturated heterocycles. The summed E-state index contributed by atoms with van der Waals surface area (Å²) in [4.78, 5) is 45.7. The van der Waals surface area contributed by atoms with Crippen molar-refractivity contribution >= 4 is 45.6 Å². The predicted octanol–water partition coefficient (Wildman–Crippen LogP) is 6.48. The first kappa shape index (κ1) is 33.7. The third-order valence-electron chi connectivity index (χ3n) is 9.88. The van der Waals surface area contributed by atoms with Crippen LogP contribution in [0.4, 0.5) is 17.1 Å². The number of aliphatic hydroxyl groups excluding tert-OH is 1. The first-order chi connectivity index (χ1) is 24.7. The molecule has 9 heteroatoms. The second-order valence-electron chi connectivity index (χ2n) is 13.0. The van der Waals surface area contributed by atoms with E-state index >= 15 is 0 Å². The van der Waals surface area contributed by atoms with Gasteiger partial charge in [0.15, 0.2) is 5.60 Å². The maximum absolute atomic E-state index is 14.2. The van der Waals surface area contributed by atoms with Gasteiger partial charge in [-0.3, -0.25) is 19.3 Å². The summed E-state index contributed by atoms with van der Waals surface area (Å²) in [5.74, 6) is -0.935. The zero-order chi connectivity index (χ0) is 35.7. The fourth-order valence-electron chi connectivity index (χ4n) is 7.17. The van der Waals surface area contributed by atoms with Crippen molar-refractivity contribution in [1.29, 1.82) is 0 Å². The summed E-state index contributed by atoms with van der Waals surface area (Å²) in [6.07, 6.45) is 3.41. The second-order valence-corrected chi connectivity index (χ2v) is 13.0. The molecule has 0 unspecified atom stereocenters. The fraction of sp³-hybridized carbons (Fsp3) is 0.214. The van der Waals surface area contributed by atoms with E-state index in [-0.39, 0.29) is 37.9 Å². The molecule has 0 bridgehead atoms. The van der Waals surface area contributed by atoms with E-state index in [1.165, 1.54) is 7.11 Å². The molecule has 7 rings (SSSR count). The number of amides is 3. The van der Waals surface area contributed by atoms with Crippen molar-refractivity contribution in [3.05, 3.63) is 144 Å². The van der Waals surface area contributed by atoms with Crippen LogP contribution >= 0.6 is 0 Å². The summed E-state index contributed by atoms with van der Waals surface area (Å²) in [7, 11) is 1.53. The number of aliphatic hydroxyl groups is 2. The zero-order valence-electron chi connectivity index (χ0n) is 28.5. The lowest BCUT2D eigenvalue weighted by atomic mass is 9.83. The Labute approximate surface area is 296 Å². The van der Waals surface area contributed by atoms with E-state index in [0.717, 1.165) is 33.3 Å². The highest BCUT2D eigenvalue weighted by atomic mass is 16.5. The Morgan fingerprint density at radius 3 is 2.37 bits per heavy atom. The highest BCUT2D eigenvalue weighted by Crippen LogP contribution is 2.47. The summed E-state index contributed by atoms with van der Waals surface area (Å²) in [5, 5.41) is 23.7. The number of anilines is 3. The number of methoxy groups -OCH3 is 1. The van der Waals surface area contributed by atoms with E-state index in [2.05, 4.69) is 0 Å². The smallest absolute Gasteiger partial charge is 0.264 e. The molecule has 0 saturated carbocycles. The number of carbonyl (C=O) groups excluding carboxylic acids is 3. The van der Waals surface area contributed by atoms with Crippen LogP contribution in [-0.2, 0) is 28.3 Å². The van der Waals surface area contributed by atoms with Gasteiger partial charge in [-0.1, -0.05) is 85.8 Å². The van der Waals surface area contributed by atoms with Crippen LogP contribution in [0.25, 0.3) is 10.8 Å². The van der Waals surface area contributed by atoms with E-state index in [4.69, 9.17) is 4.74 Å². The van der Waals surface area contributed by atoms with Crippen molar-refractivity contribution in [2.75, 3.05) is 30.1 Å². The van der Waals surface area contributed by atoms with Crippen LogP contribution < -0.4 is 14.5 Å². The van der Waals surface area contributed by atoms with Gasteiger partial charge in [0.25, 0.3) is 11.8 Å². The van der Waals surface area contributed by atoms with Crippen molar-refractivity contribution < 1.29 is 29.3 Å². The molecule has 258 valence electrons. The number of rotatable bonds is 12. The van der Waals surface area contributed by atoms with Crippen molar-refractivity contribution in [2.45, 2.75) is 32.0 Å². The number of fused-ring (bicyclic) bond motifs is 1. The summed E-state index contributed by atoms with van der Waals surface area (Å²) >= 11 is 0. The second kappa shape index (κ2) is 13.9. The standard InChI is InChI=1S/C42H39N3O6/c1-28(9-6-16-38(47)43(23-24-46)26-29-10-4-3-5-11-29)42(50)35-25-33(51-2)21-22-36(35)44(41(42)49)27-30-17-19-32(20-18-30)45-37-15-8-13-31-12-7-14-34(39(31)37)40(45)48/h3-15,17-22,25,28,46,50H,16,23-24,26-27H2,1-2H3/b9-6+/t28-,42+/m1/s1. The summed E-state index contributed by atoms with van der Waals surface area (Å²) in [6.45, 7) is 2.34. The minimum atomic E-state index is -1.91. The van der Waals surface area contributed by atoms with Crippen molar-refractivity contribution in [2.24, 2.45) is 5.92 Å². The lowest BCUT2D eigenvalue weighted by Crippen LogP contribution is -2.44. The van der Waals surface area contributed by atoms with Crippen molar-refractivity contribution in [3.8, 4) is 5.75 Å². The summed E-state index contributed by atoms with van der Waals surface area (Å²) in [6, 6.07) is 33.9. The van der Waals surface area contributed by atoms with Crippen LogP contribution in [0.2, 0.25) is 0 Å². The third-order valence-corrected chi connectivity index (χ3v) is 9.88. The molecule has 0 spiro atoms. The van der Waals surface area contributed by atoms with Crippen LogP contribution in [0, 0.1) is 5.92 Å². The van der Waals surface area contributed by atoms with Gasteiger partial charge in [0, 0.05) is 42.1 Å². The Kier molecular flexibility index (Phi) is 9.16. The van der Waals surface area contributed by atoms with Gasteiger partial charge < -0.3 is 24.7 Å². The SMILES string of the molecule is COc1ccc2c(c1)[C@@](O)([C@H](C)/C=C/CC(=O)N(CCO)Cc1ccccc1)C(=O)N2Cc1ccc(N2C(=O)c3cccc4cccc2c34)cc1. The number of carbonyl (C=O) groups is 3. The zero-order valence-corrected chi connectivity index (χ0v) is 28.5. The Bertz CT molecular complexity index is 2140. The van der Waals surface area contributed by atoms with Crippen LogP contribution in [-0.4, -0.2) is 53.1 Å². The molecule has 0 aliphatic carbocycles. The van der Waals surface area contributed by atoms with Crippen molar-refractivity contribution in [1.82, 2.24) is 4.90 Å². The van der Waals surface area contributed by atoms with Gasteiger partial charge in [-0.05, 0) is 59.0 Å². The molecule has 9 nitrogen and oxygen atoms in total.